The molecule has 0 spiro atoms. The van der Waals surface area contributed by atoms with E-state index in [2.05, 4.69) is 5.32 Å². The van der Waals surface area contributed by atoms with Crippen molar-refractivity contribution in [1.82, 2.24) is 9.88 Å². The fourth-order valence-electron chi connectivity index (χ4n) is 3.29. The number of nitrogens with one attached hydrogen (secondary N) is 1. The van der Waals surface area contributed by atoms with Gasteiger partial charge in [-0.15, -0.1) is 0 Å². The molecule has 0 bridgehead atoms. The van der Waals surface area contributed by atoms with Crippen molar-refractivity contribution in [2.45, 2.75) is 38.4 Å². The zero-order valence-electron chi connectivity index (χ0n) is 13.9. The molecule has 0 amide bonds. The van der Waals surface area contributed by atoms with Gasteiger partial charge >= 0.3 is 0 Å². The van der Waals surface area contributed by atoms with Crippen LogP contribution in [0.1, 0.15) is 23.2 Å². The number of aromatic nitrogens is 1. The lowest BCUT2D eigenvalue weighted by molar-refractivity contribution is 0.184. The third-order valence-corrected chi connectivity index (χ3v) is 4.61. The SMILES string of the molecule is COCCn1c2c(ccc1=O)CC(NCc1ccc(F)cc1)CC2. The standard InChI is InChI=1S/C19H23FN2O2/c1-24-11-10-22-18-8-7-17(12-15(18)4-9-19(22)23)21-13-14-2-5-16(20)6-3-14/h2-6,9,17,21H,7-8,10-13H2,1H3. The van der Waals surface area contributed by atoms with Crippen LogP contribution < -0.4 is 10.9 Å². The molecule has 1 aliphatic rings. The van der Waals surface area contributed by atoms with Crippen LogP contribution in [0.5, 0.6) is 0 Å². The second-order valence-electron chi connectivity index (χ2n) is 6.24. The highest BCUT2D eigenvalue weighted by atomic mass is 19.1. The zero-order valence-corrected chi connectivity index (χ0v) is 13.9. The molecule has 4 nitrogen and oxygen atoms in total. The summed E-state index contributed by atoms with van der Waals surface area (Å²) < 4.78 is 19.9. The lowest BCUT2D eigenvalue weighted by Gasteiger charge is -2.28. The Morgan fingerprint density at radius 1 is 1.25 bits per heavy atom. The van der Waals surface area contributed by atoms with Crippen LogP contribution in [-0.2, 0) is 30.7 Å². The maximum Gasteiger partial charge on any atom is 0.250 e. The van der Waals surface area contributed by atoms with Crippen molar-refractivity contribution in [3.63, 3.8) is 0 Å². The van der Waals surface area contributed by atoms with Gasteiger partial charge < -0.3 is 14.6 Å². The fourth-order valence-corrected chi connectivity index (χ4v) is 3.29. The van der Waals surface area contributed by atoms with E-state index in [9.17, 15) is 9.18 Å². The molecule has 1 unspecified atom stereocenters. The number of pyridine rings is 1. The van der Waals surface area contributed by atoms with Gasteiger partial charge in [-0.05, 0) is 42.5 Å². The maximum absolute atomic E-state index is 12.9. The lowest BCUT2D eigenvalue weighted by Crippen LogP contribution is -2.37. The minimum Gasteiger partial charge on any atom is -0.383 e. The van der Waals surface area contributed by atoms with Crippen molar-refractivity contribution in [3.8, 4) is 0 Å². The van der Waals surface area contributed by atoms with Gasteiger partial charge in [-0.2, -0.15) is 0 Å². The summed E-state index contributed by atoms with van der Waals surface area (Å²) in [6.45, 7) is 1.87. The number of halogens is 1. The molecule has 128 valence electrons. The number of hydrogen-bond acceptors (Lipinski definition) is 3. The Bertz CT molecular complexity index is 740. The Morgan fingerprint density at radius 3 is 2.79 bits per heavy atom. The summed E-state index contributed by atoms with van der Waals surface area (Å²) in [7, 11) is 1.65. The maximum atomic E-state index is 12.9. The molecular weight excluding hydrogens is 307 g/mol. The molecule has 1 N–H and O–H groups in total. The van der Waals surface area contributed by atoms with Crippen molar-refractivity contribution in [3.05, 3.63) is 69.4 Å². The summed E-state index contributed by atoms with van der Waals surface area (Å²) in [4.78, 5) is 12.1. The molecule has 2 aromatic rings. The van der Waals surface area contributed by atoms with Crippen molar-refractivity contribution < 1.29 is 9.13 Å². The average Bonchev–Trinajstić information content (AvgIpc) is 2.60. The van der Waals surface area contributed by atoms with E-state index in [1.165, 1.54) is 17.7 Å². The van der Waals surface area contributed by atoms with Gasteiger partial charge in [-0.3, -0.25) is 4.79 Å². The Labute approximate surface area is 141 Å². The Balaban J connectivity index is 1.66. The predicted octanol–water partition coefficient (Wildman–Crippen LogP) is 2.28. The molecule has 1 aromatic heterocycles. The second-order valence-corrected chi connectivity index (χ2v) is 6.24. The molecule has 1 atom stereocenters. The number of methoxy groups -OCH3 is 1. The molecule has 1 aliphatic carbocycles. The normalized spacial score (nSPS) is 16.8. The van der Waals surface area contributed by atoms with Gasteiger partial charge in [0, 0.05) is 38.0 Å². The van der Waals surface area contributed by atoms with Crippen molar-refractivity contribution >= 4 is 0 Å². The van der Waals surface area contributed by atoms with E-state index in [4.69, 9.17) is 4.74 Å². The molecule has 1 heterocycles. The molecule has 1 aromatic carbocycles. The van der Waals surface area contributed by atoms with Crippen LogP contribution >= 0.6 is 0 Å². The summed E-state index contributed by atoms with van der Waals surface area (Å²) in [5, 5.41) is 3.54. The average molecular weight is 330 g/mol. The van der Waals surface area contributed by atoms with Crippen LogP contribution in [0.4, 0.5) is 4.39 Å². The number of nitrogens with zero attached hydrogens (tertiary/aromatic N) is 1. The number of rotatable bonds is 6. The van der Waals surface area contributed by atoms with Gasteiger partial charge in [-0.25, -0.2) is 4.39 Å². The molecular formula is C19H23FN2O2. The van der Waals surface area contributed by atoms with Crippen LogP contribution in [0.15, 0.2) is 41.2 Å². The Hall–Kier alpha value is -1.98. The molecule has 5 heteroatoms. The van der Waals surface area contributed by atoms with Gasteiger partial charge in [0.15, 0.2) is 0 Å². The van der Waals surface area contributed by atoms with Crippen LogP contribution in [0.2, 0.25) is 0 Å². The fraction of sp³-hybridized carbons (Fsp3) is 0.421. The largest absolute Gasteiger partial charge is 0.383 e. The summed E-state index contributed by atoms with van der Waals surface area (Å²) in [5.41, 5.74) is 3.49. The quantitative estimate of drug-likeness (QED) is 0.884. The number of fused-ring (bicyclic) bond motifs is 1. The minimum atomic E-state index is -0.209. The number of benzene rings is 1. The van der Waals surface area contributed by atoms with Gasteiger partial charge in [0.1, 0.15) is 5.82 Å². The highest BCUT2D eigenvalue weighted by Crippen LogP contribution is 2.20. The third-order valence-electron chi connectivity index (χ3n) is 4.61. The molecule has 3 rings (SSSR count). The van der Waals surface area contributed by atoms with Crippen molar-refractivity contribution in [2.75, 3.05) is 13.7 Å². The van der Waals surface area contributed by atoms with Crippen molar-refractivity contribution in [2.24, 2.45) is 0 Å². The predicted molar refractivity (Wildman–Crippen MR) is 91.6 cm³/mol. The minimum absolute atomic E-state index is 0.0449. The third kappa shape index (κ3) is 3.91. The Kier molecular flexibility index (Phi) is 5.43. The highest BCUT2D eigenvalue weighted by molar-refractivity contribution is 5.26. The summed E-state index contributed by atoms with van der Waals surface area (Å²) >= 11 is 0. The first-order valence-corrected chi connectivity index (χ1v) is 8.35. The van der Waals surface area contributed by atoms with Crippen LogP contribution in [0.3, 0.4) is 0 Å². The molecule has 0 radical (unpaired) electrons. The van der Waals surface area contributed by atoms with E-state index in [0.717, 1.165) is 37.1 Å². The van der Waals surface area contributed by atoms with E-state index in [1.807, 2.05) is 22.8 Å². The van der Waals surface area contributed by atoms with Crippen molar-refractivity contribution in [1.29, 1.82) is 0 Å². The van der Waals surface area contributed by atoms with Crippen LogP contribution in [-0.4, -0.2) is 24.3 Å². The monoisotopic (exact) mass is 330 g/mol. The highest BCUT2D eigenvalue weighted by Gasteiger charge is 2.21. The van der Waals surface area contributed by atoms with E-state index in [-0.39, 0.29) is 11.4 Å². The summed E-state index contributed by atoms with van der Waals surface area (Å²) in [6, 6.07) is 10.6. The van der Waals surface area contributed by atoms with E-state index < -0.39 is 0 Å². The lowest BCUT2D eigenvalue weighted by atomic mass is 9.91. The van der Waals surface area contributed by atoms with Gasteiger partial charge in [0.25, 0.3) is 5.56 Å². The number of hydrogen-bond donors (Lipinski definition) is 1. The summed E-state index contributed by atoms with van der Waals surface area (Å²) in [6.07, 6.45) is 2.78. The zero-order chi connectivity index (χ0) is 16.9. The summed E-state index contributed by atoms with van der Waals surface area (Å²) in [5.74, 6) is -0.209. The molecule has 24 heavy (non-hydrogen) atoms. The second kappa shape index (κ2) is 7.73. The first-order chi connectivity index (χ1) is 11.7. The number of ether oxygens (including phenoxy) is 1. The van der Waals surface area contributed by atoms with Gasteiger partial charge in [0.2, 0.25) is 0 Å². The van der Waals surface area contributed by atoms with Crippen LogP contribution in [0.25, 0.3) is 0 Å². The molecule has 0 aliphatic heterocycles. The van der Waals surface area contributed by atoms with Crippen LogP contribution in [0, 0.1) is 5.82 Å². The van der Waals surface area contributed by atoms with E-state index in [1.54, 1.807) is 13.2 Å². The molecule has 0 saturated carbocycles. The molecule has 0 fully saturated rings. The topological polar surface area (TPSA) is 43.3 Å². The van der Waals surface area contributed by atoms with E-state index >= 15 is 0 Å². The Morgan fingerprint density at radius 2 is 2.04 bits per heavy atom. The van der Waals surface area contributed by atoms with Gasteiger partial charge in [-0.1, -0.05) is 18.2 Å². The van der Waals surface area contributed by atoms with Gasteiger partial charge in [0.05, 0.1) is 6.61 Å². The van der Waals surface area contributed by atoms with E-state index in [0.29, 0.717) is 19.2 Å². The molecule has 0 saturated heterocycles. The first-order valence-electron chi connectivity index (χ1n) is 8.35. The smallest absolute Gasteiger partial charge is 0.250 e. The first kappa shape index (κ1) is 16.9.